The summed E-state index contributed by atoms with van der Waals surface area (Å²) in [4.78, 5) is 0. The minimum absolute atomic E-state index is 0.247. The zero-order valence-corrected chi connectivity index (χ0v) is 12.0. The molecule has 0 bridgehead atoms. The van der Waals surface area contributed by atoms with Gasteiger partial charge in [-0.05, 0) is 6.92 Å². The van der Waals surface area contributed by atoms with Crippen LogP contribution in [-0.4, -0.2) is 25.1 Å². The van der Waals surface area contributed by atoms with Crippen molar-refractivity contribution >= 4 is 73.2 Å². The molecule has 0 unspecified atom stereocenters. The molecule has 0 aromatic carbocycles. The highest BCUT2D eigenvalue weighted by Gasteiger charge is 2.23. The van der Waals surface area contributed by atoms with Crippen molar-refractivity contribution in [3.8, 4) is 0 Å². The Balaban J connectivity index is 3.80. The summed E-state index contributed by atoms with van der Waals surface area (Å²) < 4.78 is 0.247. The summed E-state index contributed by atoms with van der Waals surface area (Å²) in [5, 5.41) is 2.62. The van der Waals surface area contributed by atoms with Crippen LogP contribution in [0.2, 0.25) is 0 Å². The number of thioether (sulfide) groups is 3. The van der Waals surface area contributed by atoms with Crippen LogP contribution in [0.3, 0.4) is 0 Å². The molecule has 0 fully saturated rings. The first kappa shape index (κ1) is 14.1. The second-order valence-electron chi connectivity index (χ2n) is 2.16. The fraction of sp³-hybridized carbons (Fsp3) is 1.00. The fourth-order valence-electron chi connectivity index (χ4n) is 0.629. The maximum absolute atomic E-state index is 4.23. The molecule has 0 saturated carbocycles. The van der Waals surface area contributed by atoms with E-state index >= 15 is 0 Å². The van der Waals surface area contributed by atoms with Gasteiger partial charge in [0.1, 0.15) is 0 Å². The van der Waals surface area contributed by atoms with Gasteiger partial charge in [0.2, 0.25) is 0 Å². The second kappa shape index (κ2) is 8.41. The van der Waals surface area contributed by atoms with E-state index in [1.165, 1.54) is 0 Å². The lowest BCUT2D eigenvalue weighted by molar-refractivity contribution is 1.05. The van der Waals surface area contributed by atoms with Crippen molar-refractivity contribution in [3.05, 3.63) is 0 Å². The molecule has 0 amide bonds. The molecule has 0 atom stereocenters. The minimum Gasteiger partial charge on any atom is -0.168 e. The summed E-state index contributed by atoms with van der Waals surface area (Å²) in [6.07, 6.45) is 0. The van der Waals surface area contributed by atoms with E-state index in [2.05, 4.69) is 44.8 Å². The highest BCUT2D eigenvalue weighted by Crippen LogP contribution is 2.40. The highest BCUT2D eigenvalue weighted by atomic mass is 32.2. The molecule has 12 heavy (non-hydrogen) atoms. The molecule has 0 rings (SSSR count). The van der Waals surface area contributed by atoms with Crippen LogP contribution in [0.5, 0.6) is 0 Å². The normalized spacial score (nSPS) is 12.0. The van der Waals surface area contributed by atoms with Gasteiger partial charge < -0.3 is 0 Å². The third-order valence-electron chi connectivity index (χ3n) is 1.20. The summed E-state index contributed by atoms with van der Waals surface area (Å²) >= 11 is 18.2. The average Bonchev–Trinajstić information content (AvgIpc) is 2.02. The third kappa shape index (κ3) is 6.54. The summed E-state index contributed by atoms with van der Waals surface area (Å²) in [6, 6.07) is 0. The van der Waals surface area contributed by atoms with Gasteiger partial charge in [0.15, 0.2) is 0 Å². The summed E-state index contributed by atoms with van der Waals surface area (Å²) in [7, 11) is 0. The molecule has 74 valence electrons. The largest absolute Gasteiger partial charge is 0.168 e. The van der Waals surface area contributed by atoms with Crippen LogP contribution < -0.4 is 0 Å². The summed E-state index contributed by atoms with van der Waals surface area (Å²) in [6.45, 7) is 2.24. The number of hydrogen-bond donors (Lipinski definition) is 3. The van der Waals surface area contributed by atoms with Gasteiger partial charge in [-0.3, -0.25) is 0 Å². The van der Waals surface area contributed by atoms with E-state index in [-0.39, 0.29) is 4.08 Å². The summed E-state index contributed by atoms with van der Waals surface area (Å²) in [5.74, 6) is 1.10. The topological polar surface area (TPSA) is 0 Å². The Kier molecular flexibility index (Phi) is 9.88. The van der Waals surface area contributed by atoms with Crippen LogP contribution in [0, 0.1) is 0 Å². The third-order valence-corrected chi connectivity index (χ3v) is 6.32. The maximum atomic E-state index is 4.23. The molecule has 0 aromatic rings. The monoisotopic (exact) mass is 278 g/mol. The fourth-order valence-corrected chi connectivity index (χ4v) is 6.00. The molecule has 0 heterocycles. The Morgan fingerprint density at radius 1 is 1.00 bits per heavy atom. The zero-order valence-electron chi connectivity index (χ0n) is 6.89. The van der Waals surface area contributed by atoms with Crippen molar-refractivity contribution in [3.63, 3.8) is 0 Å². The van der Waals surface area contributed by atoms with Crippen molar-refractivity contribution in [2.24, 2.45) is 0 Å². The van der Waals surface area contributed by atoms with Crippen LogP contribution in [0.4, 0.5) is 0 Å². The SMILES string of the molecule is CC(CSCS)(SCS)SCS. The predicted octanol–water partition coefficient (Wildman–Crippen LogP) is 3.56. The van der Waals surface area contributed by atoms with Crippen molar-refractivity contribution < 1.29 is 0 Å². The van der Waals surface area contributed by atoms with Crippen LogP contribution in [-0.2, 0) is 0 Å². The molecular weight excluding hydrogens is 264 g/mol. The Morgan fingerprint density at radius 2 is 1.50 bits per heavy atom. The smallest absolute Gasteiger partial charge is 0.0689 e. The van der Waals surface area contributed by atoms with Crippen LogP contribution in [0.1, 0.15) is 6.92 Å². The van der Waals surface area contributed by atoms with Gasteiger partial charge in [0, 0.05) is 21.0 Å². The zero-order chi connectivity index (χ0) is 9.45. The van der Waals surface area contributed by atoms with Crippen molar-refractivity contribution in [2.45, 2.75) is 11.0 Å². The van der Waals surface area contributed by atoms with Gasteiger partial charge in [-0.15, -0.1) is 35.3 Å². The summed E-state index contributed by atoms with van der Waals surface area (Å²) in [5.41, 5.74) is 0. The minimum atomic E-state index is 0.247. The molecule has 0 N–H and O–H groups in total. The van der Waals surface area contributed by atoms with Gasteiger partial charge in [-0.25, -0.2) is 0 Å². The predicted molar refractivity (Wildman–Crippen MR) is 77.6 cm³/mol. The van der Waals surface area contributed by atoms with Crippen molar-refractivity contribution in [1.29, 1.82) is 0 Å². The lowest BCUT2D eigenvalue weighted by Gasteiger charge is -2.26. The van der Waals surface area contributed by atoms with Gasteiger partial charge >= 0.3 is 0 Å². The van der Waals surface area contributed by atoms with Gasteiger partial charge in [0.25, 0.3) is 0 Å². The molecule has 0 aliphatic rings. The van der Waals surface area contributed by atoms with Crippen LogP contribution in [0.25, 0.3) is 0 Å². The van der Waals surface area contributed by atoms with E-state index in [0.29, 0.717) is 0 Å². The Morgan fingerprint density at radius 3 is 1.83 bits per heavy atom. The highest BCUT2D eigenvalue weighted by molar-refractivity contribution is 8.25. The van der Waals surface area contributed by atoms with Crippen LogP contribution in [0.15, 0.2) is 0 Å². The van der Waals surface area contributed by atoms with E-state index in [0.717, 1.165) is 21.0 Å². The first-order chi connectivity index (χ1) is 5.68. The van der Waals surface area contributed by atoms with Crippen molar-refractivity contribution in [1.82, 2.24) is 0 Å². The Bertz CT molecular complexity index is 100. The molecule has 0 radical (unpaired) electrons. The molecule has 0 spiro atoms. The Hall–Kier alpha value is 2.10. The molecule has 0 aliphatic carbocycles. The second-order valence-corrected chi connectivity index (χ2v) is 8.59. The maximum Gasteiger partial charge on any atom is 0.0689 e. The standard InChI is InChI=1S/C6H14S6/c1-6(11-4-8,12-5-9)2-10-3-7/h7-9H,2-5H2,1H3. The van der Waals surface area contributed by atoms with Gasteiger partial charge in [0.05, 0.1) is 4.08 Å². The lowest BCUT2D eigenvalue weighted by atomic mass is 10.5. The molecule has 0 aliphatic heterocycles. The molecule has 0 saturated heterocycles. The van der Waals surface area contributed by atoms with E-state index in [9.17, 15) is 0 Å². The number of hydrogen-bond acceptors (Lipinski definition) is 6. The molecule has 0 nitrogen and oxygen atoms in total. The number of thiol groups is 3. The quantitative estimate of drug-likeness (QED) is 0.481. The van der Waals surface area contributed by atoms with E-state index in [1.807, 2.05) is 35.3 Å². The first-order valence-electron chi connectivity index (χ1n) is 3.37. The van der Waals surface area contributed by atoms with Gasteiger partial charge in [-0.1, -0.05) is 0 Å². The number of rotatable bonds is 7. The van der Waals surface area contributed by atoms with E-state index in [4.69, 9.17) is 0 Å². The first-order valence-corrected chi connectivity index (χ1v) is 8.39. The average molecular weight is 279 g/mol. The van der Waals surface area contributed by atoms with E-state index < -0.39 is 0 Å². The molecule has 6 heteroatoms. The molecular formula is C6H14S6. The molecule has 0 aromatic heterocycles. The van der Waals surface area contributed by atoms with Gasteiger partial charge in [-0.2, -0.15) is 37.9 Å². The van der Waals surface area contributed by atoms with Crippen LogP contribution >= 0.6 is 73.2 Å². The van der Waals surface area contributed by atoms with E-state index in [1.54, 1.807) is 0 Å². The lowest BCUT2D eigenvalue weighted by Crippen LogP contribution is -2.19. The van der Waals surface area contributed by atoms with Crippen molar-refractivity contribution in [2.75, 3.05) is 21.0 Å². The Labute approximate surface area is 104 Å².